The van der Waals surface area contributed by atoms with Crippen molar-refractivity contribution in [2.75, 3.05) is 13.2 Å². The van der Waals surface area contributed by atoms with Crippen molar-refractivity contribution in [3.05, 3.63) is 0 Å². The lowest BCUT2D eigenvalue weighted by atomic mass is 9.99. The second-order valence-electron chi connectivity index (χ2n) is 4.32. The molecule has 0 radical (unpaired) electrons. The van der Waals surface area contributed by atoms with E-state index in [9.17, 15) is 9.90 Å². The Morgan fingerprint density at radius 1 is 1.47 bits per heavy atom. The van der Waals surface area contributed by atoms with Crippen LogP contribution in [0.5, 0.6) is 0 Å². The summed E-state index contributed by atoms with van der Waals surface area (Å²) in [7, 11) is 0. The molecule has 5 nitrogen and oxygen atoms in total. The van der Waals surface area contributed by atoms with Crippen molar-refractivity contribution in [1.29, 1.82) is 0 Å². The van der Waals surface area contributed by atoms with E-state index in [1.807, 2.05) is 13.8 Å². The molecule has 0 saturated heterocycles. The number of carbonyl (C=O) groups is 1. The second-order valence-corrected chi connectivity index (χ2v) is 4.32. The van der Waals surface area contributed by atoms with Gasteiger partial charge in [0, 0.05) is 19.2 Å². The number of nitrogens with one attached hydrogen (secondary N) is 1. The van der Waals surface area contributed by atoms with Gasteiger partial charge in [0.25, 0.3) is 0 Å². The van der Waals surface area contributed by atoms with Crippen molar-refractivity contribution in [2.45, 2.75) is 38.8 Å². The fourth-order valence-corrected chi connectivity index (χ4v) is 1.22. The van der Waals surface area contributed by atoms with Crippen LogP contribution in [0.1, 0.15) is 27.2 Å². The van der Waals surface area contributed by atoms with Crippen LogP contribution < -0.4 is 5.32 Å². The van der Waals surface area contributed by atoms with E-state index in [2.05, 4.69) is 5.32 Å². The molecule has 0 saturated carbocycles. The van der Waals surface area contributed by atoms with E-state index in [-0.39, 0.29) is 25.1 Å². The molecule has 15 heavy (non-hydrogen) atoms. The standard InChI is InChI=1S/C10H21NO4/c1-7(2)8(4-5-12)11-6-10(3,15)9(13)14/h7-8,11-12,15H,4-6H2,1-3H3,(H,13,14). The molecule has 0 heterocycles. The Hall–Kier alpha value is -0.650. The number of rotatable bonds is 7. The molecule has 0 aromatic carbocycles. The van der Waals surface area contributed by atoms with Gasteiger partial charge in [-0.3, -0.25) is 0 Å². The summed E-state index contributed by atoms with van der Waals surface area (Å²) in [6, 6.07) is 0.0147. The Bertz CT molecular complexity index is 204. The number of hydrogen-bond acceptors (Lipinski definition) is 4. The minimum atomic E-state index is -1.76. The van der Waals surface area contributed by atoms with Gasteiger partial charge in [-0.15, -0.1) is 0 Å². The normalized spacial score (nSPS) is 17.5. The fourth-order valence-electron chi connectivity index (χ4n) is 1.22. The van der Waals surface area contributed by atoms with Gasteiger partial charge in [-0.1, -0.05) is 13.8 Å². The quantitative estimate of drug-likeness (QED) is 0.477. The smallest absolute Gasteiger partial charge is 0.336 e. The van der Waals surface area contributed by atoms with Gasteiger partial charge in [0.15, 0.2) is 5.60 Å². The van der Waals surface area contributed by atoms with Crippen LogP contribution in [0.15, 0.2) is 0 Å². The van der Waals surface area contributed by atoms with E-state index in [0.717, 1.165) is 0 Å². The first-order valence-electron chi connectivity index (χ1n) is 5.11. The first kappa shape index (κ1) is 14.3. The molecule has 2 atom stereocenters. The van der Waals surface area contributed by atoms with E-state index in [1.165, 1.54) is 6.92 Å². The predicted molar refractivity (Wildman–Crippen MR) is 56.6 cm³/mol. The highest BCUT2D eigenvalue weighted by molar-refractivity contribution is 5.76. The topological polar surface area (TPSA) is 89.8 Å². The maximum atomic E-state index is 10.6. The average Bonchev–Trinajstić information content (AvgIpc) is 2.11. The molecule has 0 aliphatic rings. The van der Waals surface area contributed by atoms with E-state index >= 15 is 0 Å². The third-order valence-electron chi connectivity index (χ3n) is 2.41. The fraction of sp³-hybridized carbons (Fsp3) is 0.900. The molecule has 0 aromatic heterocycles. The Balaban J connectivity index is 4.15. The molecule has 2 unspecified atom stereocenters. The molecule has 0 spiro atoms. The van der Waals surface area contributed by atoms with Crippen molar-refractivity contribution in [3.8, 4) is 0 Å². The molecule has 4 N–H and O–H groups in total. The minimum Gasteiger partial charge on any atom is -0.479 e. The van der Waals surface area contributed by atoms with E-state index in [4.69, 9.17) is 10.2 Å². The van der Waals surface area contributed by atoms with Crippen LogP contribution in [0.25, 0.3) is 0 Å². The van der Waals surface area contributed by atoms with Gasteiger partial charge in [0.05, 0.1) is 0 Å². The van der Waals surface area contributed by atoms with Crippen LogP contribution in [-0.2, 0) is 4.79 Å². The zero-order chi connectivity index (χ0) is 12.1. The number of aliphatic hydroxyl groups excluding tert-OH is 1. The minimum absolute atomic E-state index is 0.0147. The average molecular weight is 219 g/mol. The summed E-state index contributed by atoms with van der Waals surface area (Å²) in [5.74, 6) is -0.969. The van der Waals surface area contributed by atoms with Crippen LogP contribution in [0.2, 0.25) is 0 Å². The molecule has 5 heteroatoms. The van der Waals surface area contributed by atoms with Crippen LogP contribution in [0, 0.1) is 5.92 Å². The number of carboxylic acids is 1. The van der Waals surface area contributed by atoms with Gasteiger partial charge >= 0.3 is 5.97 Å². The summed E-state index contributed by atoms with van der Waals surface area (Å²) in [6.45, 7) is 5.22. The van der Waals surface area contributed by atoms with Crippen molar-refractivity contribution in [3.63, 3.8) is 0 Å². The highest BCUT2D eigenvalue weighted by Gasteiger charge is 2.30. The molecule has 0 amide bonds. The first-order valence-corrected chi connectivity index (χ1v) is 5.11. The van der Waals surface area contributed by atoms with Gasteiger partial charge in [0.2, 0.25) is 0 Å². The largest absolute Gasteiger partial charge is 0.479 e. The Kier molecular flexibility index (Phi) is 5.79. The maximum absolute atomic E-state index is 10.6. The number of hydrogen-bond donors (Lipinski definition) is 4. The number of carboxylic acid groups (broad SMARTS) is 1. The lowest BCUT2D eigenvalue weighted by Crippen LogP contribution is -2.49. The van der Waals surface area contributed by atoms with Gasteiger partial charge in [-0.2, -0.15) is 0 Å². The van der Waals surface area contributed by atoms with Crippen molar-refractivity contribution in [2.24, 2.45) is 5.92 Å². The Labute approximate surface area is 90.1 Å². The molecule has 0 aliphatic heterocycles. The van der Waals surface area contributed by atoms with E-state index < -0.39 is 11.6 Å². The van der Waals surface area contributed by atoms with Crippen molar-refractivity contribution in [1.82, 2.24) is 5.32 Å². The summed E-state index contributed by atoms with van der Waals surface area (Å²) in [4.78, 5) is 10.6. The summed E-state index contributed by atoms with van der Waals surface area (Å²) in [5, 5.41) is 29.9. The van der Waals surface area contributed by atoms with Gasteiger partial charge in [-0.25, -0.2) is 4.79 Å². The second kappa shape index (κ2) is 6.05. The number of aliphatic hydroxyl groups is 2. The zero-order valence-electron chi connectivity index (χ0n) is 9.53. The highest BCUT2D eigenvalue weighted by Crippen LogP contribution is 2.08. The third kappa shape index (κ3) is 5.11. The summed E-state index contributed by atoms with van der Waals surface area (Å²) in [5.41, 5.74) is -1.76. The van der Waals surface area contributed by atoms with Gasteiger partial charge in [0.1, 0.15) is 0 Å². The summed E-state index contributed by atoms with van der Waals surface area (Å²) >= 11 is 0. The predicted octanol–water partition coefficient (Wildman–Crippen LogP) is -0.181. The molecule has 90 valence electrons. The molecule has 0 bridgehead atoms. The van der Waals surface area contributed by atoms with Crippen LogP contribution in [-0.4, -0.2) is 46.1 Å². The monoisotopic (exact) mass is 219 g/mol. The Morgan fingerprint density at radius 3 is 2.33 bits per heavy atom. The lowest BCUT2D eigenvalue weighted by molar-refractivity contribution is -0.156. The summed E-state index contributed by atoms with van der Waals surface area (Å²) in [6.07, 6.45) is 0.549. The van der Waals surface area contributed by atoms with Crippen LogP contribution in [0.4, 0.5) is 0 Å². The molecular weight excluding hydrogens is 198 g/mol. The maximum Gasteiger partial charge on any atom is 0.336 e. The molecule has 0 aromatic rings. The van der Waals surface area contributed by atoms with Crippen molar-refractivity contribution < 1.29 is 20.1 Å². The SMILES string of the molecule is CC(C)C(CCO)NCC(C)(O)C(=O)O. The third-order valence-corrected chi connectivity index (χ3v) is 2.41. The van der Waals surface area contributed by atoms with Crippen LogP contribution in [0.3, 0.4) is 0 Å². The zero-order valence-corrected chi connectivity index (χ0v) is 9.53. The molecule has 0 rings (SSSR count). The molecular formula is C10H21NO4. The number of aliphatic carboxylic acids is 1. The van der Waals surface area contributed by atoms with Crippen molar-refractivity contribution >= 4 is 5.97 Å². The molecule has 0 aliphatic carbocycles. The lowest BCUT2D eigenvalue weighted by Gasteiger charge is -2.26. The summed E-state index contributed by atoms with van der Waals surface area (Å²) < 4.78 is 0. The molecule has 0 fully saturated rings. The Morgan fingerprint density at radius 2 is 2.00 bits per heavy atom. The highest BCUT2D eigenvalue weighted by atomic mass is 16.4. The van der Waals surface area contributed by atoms with Crippen LogP contribution >= 0.6 is 0 Å². The van der Waals surface area contributed by atoms with E-state index in [0.29, 0.717) is 6.42 Å². The first-order chi connectivity index (χ1) is 6.81. The van der Waals surface area contributed by atoms with E-state index in [1.54, 1.807) is 0 Å². The van der Waals surface area contributed by atoms with Gasteiger partial charge in [-0.05, 0) is 19.3 Å². The van der Waals surface area contributed by atoms with Gasteiger partial charge < -0.3 is 20.6 Å².